The smallest absolute Gasteiger partial charge is 0.142 e. The van der Waals surface area contributed by atoms with Gasteiger partial charge in [-0.15, -0.1) is 0 Å². The fourth-order valence-corrected chi connectivity index (χ4v) is 2.06. The predicted octanol–water partition coefficient (Wildman–Crippen LogP) is 2.22. The Balaban J connectivity index is 2.17. The third-order valence-corrected chi connectivity index (χ3v) is 2.87. The largest absolute Gasteiger partial charge is 0.286 e. The highest BCUT2D eigenvalue weighted by molar-refractivity contribution is 5.79. The molecular formula is C13H13N3. The molecule has 1 unspecified atom stereocenters. The van der Waals surface area contributed by atoms with Crippen molar-refractivity contribution in [3.05, 3.63) is 41.6 Å². The van der Waals surface area contributed by atoms with Crippen molar-refractivity contribution in [3.8, 4) is 0 Å². The van der Waals surface area contributed by atoms with Crippen LogP contribution in [0, 0.1) is 6.92 Å². The van der Waals surface area contributed by atoms with Crippen molar-refractivity contribution in [2.24, 2.45) is 4.99 Å². The van der Waals surface area contributed by atoms with Gasteiger partial charge in [0.15, 0.2) is 0 Å². The highest BCUT2D eigenvalue weighted by atomic mass is 15.1. The second kappa shape index (κ2) is 3.68. The third-order valence-electron chi connectivity index (χ3n) is 2.87. The Labute approximate surface area is 94.2 Å². The molecule has 0 radical (unpaired) electrons. The molecule has 3 rings (SSSR count). The zero-order chi connectivity index (χ0) is 11.0. The van der Waals surface area contributed by atoms with E-state index in [2.05, 4.69) is 34.3 Å². The van der Waals surface area contributed by atoms with Crippen LogP contribution in [-0.4, -0.2) is 17.7 Å². The Morgan fingerprint density at radius 1 is 1.31 bits per heavy atom. The second-order valence-corrected chi connectivity index (χ2v) is 4.03. The first-order chi connectivity index (χ1) is 7.84. The van der Waals surface area contributed by atoms with E-state index in [0.717, 1.165) is 17.8 Å². The van der Waals surface area contributed by atoms with Crippen molar-refractivity contribution >= 4 is 17.1 Å². The molecule has 80 valence electrons. The number of nitrogens with zero attached hydrogens (tertiary/aromatic N) is 2. The molecule has 2 aromatic rings. The van der Waals surface area contributed by atoms with Gasteiger partial charge in [-0.3, -0.25) is 10.3 Å². The molecule has 0 fully saturated rings. The van der Waals surface area contributed by atoms with Crippen LogP contribution in [0.5, 0.6) is 0 Å². The van der Waals surface area contributed by atoms with E-state index in [1.165, 1.54) is 10.9 Å². The summed E-state index contributed by atoms with van der Waals surface area (Å²) in [5.41, 5.74) is 3.26. The Hall–Kier alpha value is -1.74. The second-order valence-electron chi connectivity index (χ2n) is 4.03. The average molecular weight is 211 g/mol. The lowest BCUT2D eigenvalue weighted by atomic mass is 10.1. The molecule has 1 aliphatic heterocycles. The summed E-state index contributed by atoms with van der Waals surface area (Å²) in [6, 6.07) is 10.4. The summed E-state index contributed by atoms with van der Waals surface area (Å²) in [6.45, 7) is 2.92. The first kappa shape index (κ1) is 9.48. The van der Waals surface area contributed by atoms with E-state index in [4.69, 9.17) is 0 Å². The molecule has 1 N–H and O–H groups in total. The minimum atomic E-state index is 0.0320. The molecule has 0 saturated heterocycles. The molecule has 0 spiro atoms. The number of benzene rings is 1. The average Bonchev–Trinajstić information content (AvgIpc) is 2.81. The SMILES string of the molecule is Cc1cc2ccccc2nc1C1N=CCN1. The Bertz CT molecular complexity index is 560. The summed E-state index contributed by atoms with van der Waals surface area (Å²) < 4.78 is 0. The minimum Gasteiger partial charge on any atom is -0.286 e. The monoisotopic (exact) mass is 211 g/mol. The number of aryl methyl sites for hydroxylation is 1. The summed E-state index contributed by atoms with van der Waals surface area (Å²) in [5, 5.41) is 4.48. The first-order valence-electron chi connectivity index (χ1n) is 5.46. The lowest BCUT2D eigenvalue weighted by molar-refractivity contribution is 0.623. The van der Waals surface area contributed by atoms with Crippen molar-refractivity contribution in [2.45, 2.75) is 13.1 Å². The van der Waals surface area contributed by atoms with Crippen LogP contribution >= 0.6 is 0 Å². The quantitative estimate of drug-likeness (QED) is 0.785. The van der Waals surface area contributed by atoms with Gasteiger partial charge in [-0.05, 0) is 24.6 Å². The number of pyridine rings is 1. The van der Waals surface area contributed by atoms with Gasteiger partial charge in [-0.2, -0.15) is 0 Å². The Morgan fingerprint density at radius 3 is 3.00 bits per heavy atom. The third kappa shape index (κ3) is 1.49. The van der Waals surface area contributed by atoms with Gasteiger partial charge in [0.1, 0.15) is 6.17 Å². The molecule has 2 heterocycles. The van der Waals surface area contributed by atoms with E-state index < -0.39 is 0 Å². The molecule has 16 heavy (non-hydrogen) atoms. The number of hydrogen-bond donors (Lipinski definition) is 1. The van der Waals surface area contributed by atoms with Crippen LogP contribution in [0.3, 0.4) is 0 Å². The number of rotatable bonds is 1. The Morgan fingerprint density at radius 2 is 2.19 bits per heavy atom. The van der Waals surface area contributed by atoms with E-state index in [1.54, 1.807) is 0 Å². The number of nitrogens with one attached hydrogen (secondary N) is 1. The van der Waals surface area contributed by atoms with Gasteiger partial charge in [-0.1, -0.05) is 18.2 Å². The summed E-state index contributed by atoms with van der Waals surface area (Å²) >= 11 is 0. The highest BCUT2D eigenvalue weighted by Crippen LogP contribution is 2.22. The van der Waals surface area contributed by atoms with Gasteiger partial charge in [-0.25, -0.2) is 4.98 Å². The molecule has 3 heteroatoms. The molecule has 1 aliphatic rings. The van der Waals surface area contributed by atoms with Gasteiger partial charge in [0, 0.05) is 18.1 Å². The zero-order valence-electron chi connectivity index (χ0n) is 9.14. The number of fused-ring (bicyclic) bond motifs is 1. The normalized spacial score (nSPS) is 19.4. The van der Waals surface area contributed by atoms with Crippen LogP contribution in [0.1, 0.15) is 17.4 Å². The number of para-hydroxylation sites is 1. The van der Waals surface area contributed by atoms with Gasteiger partial charge in [0.05, 0.1) is 11.2 Å². The van der Waals surface area contributed by atoms with Crippen molar-refractivity contribution in [1.29, 1.82) is 0 Å². The predicted molar refractivity (Wildman–Crippen MR) is 65.7 cm³/mol. The van der Waals surface area contributed by atoms with E-state index in [1.807, 2.05) is 24.4 Å². The first-order valence-corrected chi connectivity index (χ1v) is 5.46. The maximum Gasteiger partial charge on any atom is 0.142 e. The van der Waals surface area contributed by atoms with Crippen LogP contribution in [-0.2, 0) is 0 Å². The fraction of sp³-hybridized carbons (Fsp3) is 0.231. The molecule has 3 nitrogen and oxygen atoms in total. The molecule has 1 aromatic carbocycles. The van der Waals surface area contributed by atoms with Crippen molar-refractivity contribution in [1.82, 2.24) is 10.3 Å². The van der Waals surface area contributed by atoms with Gasteiger partial charge < -0.3 is 0 Å². The van der Waals surface area contributed by atoms with Crippen molar-refractivity contribution in [2.75, 3.05) is 6.54 Å². The molecule has 0 saturated carbocycles. The maximum absolute atomic E-state index is 4.68. The van der Waals surface area contributed by atoms with Crippen LogP contribution in [0.15, 0.2) is 35.3 Å². The van der Waals surface area contributed by atoms with Gasteiger partial charge in [0.25, 0.3) is 0 Å². The van der Waals surface area contributed by atoms with Crippen LogP contribution in [0.4, 0.5) is 0 Å². The van der Waals surface area contributed by atoms with Crippen molar-refractivity contribution in [3.63, 3.8) is 0 Å². The Kier molecular flexibility index (Phi) is 2.18. The maximum atomic E-state index is 4.68. The van der Waals surface area contributed by atoms with E-state index in [-0.39, 0.29) is 6.17 Å². The molecule has 1 atom stereocenters. The van der Waals surface area contributed by atoms with Crippen LogP contribution in [0.25, 0.3) is 10.9 Å². The van der Waals surface area contributed by atoms with E-state index >= 15 is 0 Å². The minimum absolute atomic E-state index is 0.0320. The van der Waals surface area contributed by atoms with E-state index in [0.29, 0.717) is 0 Å². The molecule has 0 aliphatic carbocycles. The lowest BCUT2D eigenvalue weighted by Gasteiger charge is -2.11. The topological polar surface area (TPSA) is 37.3 Å². The molecule has 0 bridgehead atoms. The van der Waals surface area contributed by atoms with E-state index in [9.17, 15) is 0 Å². The van der Waals surface area contributed by atoms with Crippen LogP contribution < -0.4 is 5.32 Å². The van der Waals surface area contributed by atoms with Gasteiger partial charge in [0.2, 0.25) is 0 Å². The molecule has 1 aromatic heterocycles. The lowest BCUT2D eigenvalue weighted by Crippen LogP contribution is -2.16. The number of hydrogen-bond acceptors (Lipinski definition) is 3. The zero-order valence-corrected chi connectivity index (χ0v) is 9.14. The van der Waals surface area contributed by atoms with Crippen LogP contribution in [0.2, 0.25) is 0 Å². The number of aromatic nitrogens is 1. The summed E-state index contributed by atoms with van der Waals surface area (Å²) in [6.07, 6.45) is 1.94. The number of aliphatic imine (C=N–C) groups is 1. The molecular weight excluding hydrogens is 198 g/mol. The summed E-state index contributed by atoms with van der Waals surface area (Å²) in [4.78, 5) is 9.06. The highest BCUT2D eigenvalue weighted by Gasteiger charge is 2.16. The van der Waals surface area contributed by atoms with Gasteiger partial charge >= 0.3 is 0 Å². The standard InChI is InChI=1S/C13H13N3/c1-9-8-10-4-2-3-5-11(10)16-12(9)13-14-6-7-15-13/h2-6,8,13,15H,7H2,1H3. The van der Waals surface area contributed by atoms with Crippen molar-refractivity contribution < 1.29 is 0 Å². The molecule has 0 amide bonds. The summed E-state index contributed by atoms with van der Waals surface area (Å²) in [5.74, 6) is 0. The summed E-state index contributed by atoms with van der Waals surface area (Å²) in [7, 11) is 0. The fourth-order valence-electron chi connectivity index (χ4n) is 2.06.